The predicted molar refractivity (Wildman–Crippen MR) is 191 cm³/mol. The van der Waals surface area contributed by atoms with Crippen LogP contribution in [0.2, 0.25) is 0 Å². The first-order valence-corrected chi connectivity index (χ1v) is 18.9. The van der Waals surface area contributed by atoms with Crippen LogP contribution in [0, 0.1) is 46.3 Å². The van der Waals surface area contributed by atoms with Crippen LogP contribution in [0.4, 0.5) is 0 Å². The smallest absolute Gasteiger partial charge is 0.342 e. The first-order chi connectivity index (χ1) is 24.9. The minimum Gasteiger partial charge on any atom is -0.467 e. The predicted octanol–water partition coefficient (Wildman–Crippen LogP) is 5.45. The van der Waals surface area contributed by atoms with Gasteiger partial charge in [0.25, 0.3) is 0 Å². The minimum atomic E-state index is -1.70. The first-order valence-electron chi connectivity index (χ1n) is 18.9. The number of carbonyl (C=O) groups is 4. The Bertz CT molecular complexity index is 1770. The normalized spacial score (nSPS) is 44.3. The monoisotopic (exact) mass is 734 g/mol. The summed E-state index contributed by atoms with van der Waals surface area (Å²) in [5, 5.41) is 13.5. The highest BCUT2D eigenvalue weighted by molar-refractivity contribution is 5.91. The maximum absolute atomic E-state index is 13.8. The summed E-state index contributed by atoms with van der Waals surface area (Å²) in [6.07, 6.45) is 3.13. The molecule has 1 aromatic carbocycles. The van der Waals surface area contributed by atoms with Crippen LogP contribution in [0.25, 0.3) is 0 Å². The van der Waals surface area contributed by atoms with Gasteiger partial charge >= 0.3 is 23.9 Å². The Morgan fingerprint density at radius 3 is 2.30 bits per heavy atom. The van der Waals surface area contributed by atoms with E-state index in [9.17, 15) is 24.3 Å². The van der Waals surface area contributed by atoms with Crippen LogP contribution in [-0.4, -0.2) is 84.9 Å². The standard InChI is InChI=1S/C42H54O11/c1-23-13-10-11-14-28(23)35(45)50-25(3)40-19-17-29-37(6,30(40)15-12-20-49-22-40)18-16-31-38(29,7)33(51-26(4)43)34(52-27(5)44)39(8)41(31,47)21-24(2)32-42(39,53-32)36(46)48-9/h10-15,25,29-34,47H,2,16-22H2,1,3-9H3/t25?,29?,30-,31?,32+,33+,34-,37+,38+,39+,40-,41+,42-/m0/s1. The molecule has 2 aliphatic heterocycles. The Morgan fingerprint density at radius 2 is 1.64 bits per heavy atom. The number of carbonyl (C=O) groups excluding carboxylic acids is 4. The number of esters is 4. The molecule has 0 aromatic heterocycles. The Hall–Kier alpha value is -3.54. The van der Waals surface area contributed by atoms with Crippen molar-refractivity contribution in [2.45, 2.75) is 116 Å². The summed E-state index contributed by atoms with van der Waals surface area (Å²) in [6, 6.07) is 7.38. The van der Waals surface area contributed by atoms with Crippen molar-refractivity contribution in [1.82, 2.24) is 0 Å². The van der Waals surface area contributed by atoms with Crippen LogP contribution in [-0.2, 0) is 42.8 Å². The average Bonchev–Trinajstić information content (AvgIpc) is 3.90. The van der Waals surface area contributed by atoms with E-state index >= 15 is 0 Å². The number of aliphatic hydroxyl groups is 1. The number of hydrogen-bond acceptors (Lipinski definition) is 11. The van der Waals surface area contributed by atoms with E-state index in [0.29, 0.717) is 50.0 Å². The van der Waals surface area contributed by atoms with Crippen molar-refractivity contribution in [2.75, 3.05) is 20.3 Å². The summed E-state index contributed by atoms with van der Waals surface area (Å²) < 4.78 is 36.7. The molecule has 0 bridgehead atoms. The maximum Gasteiger partial charge on any atom is 0.342 e. The number of rotatable bonds is 6. The molecule has 7 rings (SSSR count). The quantitative estimate of drug-likeness (QED) is 0.172. The van der Waals surface area contributed by atoms with Crippen molar-refractivity contribution >= 4 is 23.9 Å². The minimum absolute atomic E-state index is 0.105. The second kappa shape index (κ2) is 12.5. The number of epoxide rings is 1. The summed E-state index contributed by atoms with van der Waals surface area (Å²) in [6.45, 7) is 17.5. The zero-order chi connectivity index (χ0) is 38.5. The van der Waals surface area contributed by atoms with Crippen LogP contribution in [0.1, 0.15) is 89.6 Å². The highest BCUT2D eigenvalue weighted by Gasteiger charge is 2.90. The van der Waals surface area contributed by atoms with E-state index in [4.69, 9.17) is 28.4 Å². The van der Waals surface area contributed by atoms with Gasteiger partial charge in [0.15, 0.2) is 6.10 Å². The largest absolute Gasteiger partial charge is 0.467 e. The molecule has 5 fully saturated rings. The first kappa shape index (κ1) is 37.8. The van der Waals surface area contributed by atoms with Crippen LogP contribution < -0.4 is 0 Å². The molecule has 1 saturated heterocycles. The van der Waals surface area contributed by atoms with Crippen molar-refractivity contribution in [3.63, 3.8) is 0 Å². The van der Waals surface area contributed by atoms with E-state index in [2.05, 4.69) is 26.5 Å². The van der Waals surface area contributed by atoms with Crippen molar-refractivity contribution in [2.24, 2.45) is 39.4 Å². The number of ether oxygens (including phenoxy) is 6. The second-order valence-electron chi connectivity index (χ2n) is 17.3. The number of allylic oxidation sites excluding steroid dienone is 1. The molecule has 0 spiro atoms. The molecule has 11 heteroatoms. The molecule has 11 nitrogen and oxygen atoms in total. The van der Waals surface area contributed by atoms with Gasteiger partial charge in [-0.15, -0.1) is 0 Å². The summed E-state index contributed by atoms with van der Waals surface area (Å²) in [5.74, 6) is -3.16. The number of aryl methyl sites for hydroxylation is 1. The molecule has 13 atom stereocenters. The fourth-order valence-corrected chi connectivity index (χ4v) is 12.8. The topological polar surface area (TPSA) is 147 Å². The zero-order valence-electron chi connectivity index (χ0n) is 32.2. The van der Waals surface area contributed by atoms with Gasteiger partial charge in [0.2, 0.25) is 5.60 Å². The van der Waals surface area contributed by atoms with Crippen LogP contribution in [0.3, 0.4) is 0 Å². The molecule has 4 saturated carbocycles. The van der Waals surface area contributed by atoms with E-state index in [-0.39, 0.29) is 24.2 Å². The average molecular weight is 735 g/mol. The van der Waals surface area contributed by atoms with Gasteiger partial charge < -0.3 is 33.5 Å². The zero-order valence-corrected chi connectivity index (χ0v) is 32.2. The third kappa shape index (κ3) is 4.88. The molecule has 1 aromatic rings. The molecule has 0 radical (unpaired) electrons. The van der Waals surface area contributed by atoms with Crippen LogP contribution in [0.15, 0.2) is 48.6 Å². The fraction of sp³-hybridized carbons (Fsp3) is 0.667. The van der Waals surface area contributed by atoms with E-state index < -0.39 is 81.1 Å². The van der Waals surface area contributed by atoms with E-state index in [1.54, 1.807) is 13.0 Å². The van der Waals surface area contributed by atoms with Gasteiger partial charge in [0.05, 0.1) is 36.9 Å². The SMILES string of the molecule is C=C1C[C@@]2(O)C3CC[C@]4(C)C(CC[C@@]5(C(C)OC(=O)c6ccccc6C)COCC=C[C@H]54)[C@@]3(C)[C@H](OC(C)=O)[C@H](OC(C)=O)[C@@]2(C)[C@]2(C(=O)OC)O[C@H]12. The summed E-state index contributed by atoms with van der Waals surface area (Å²) in [5.41, 5.74) is -5.08. The second-order valence-corrected chi connectivity index (χ2v) is 17.3. The lowest BCUT2D eigenvalue weighted by molar-refractivity contribution is -0.336. The molecule has 4 aliphatic carbocycles. The number of hydrogen-bond donors (Lipinski definition) is 1. The van der Waals surface area contributed by atoms with Crippen molar-refractivity contribution < 1.29 is 52.7 Å². The van der Waals surface area contributed by atoms with Crippen molar-refractivity contribution in [3.8, 4) is 0 Å². The lowest BCUT2D eigenvalue weighted by atomic mass is 9.32. The maximum atomic E-state index is 13.8. The fourth-order valence-electron chi connectivity index (χ4n) is 12.8. The van der Waals surface area contributed by atoms with Crippen molar-refractivity contribution in [1.29, 1.82) is 0 Å². The summed E-state index contributed by atoms with van der Waals surface area (Å²) in [4.78, 5) is 53.7. The van der Waals surface area contributed by atoms with Gasteiger partial charge in [0.1, 0.15) is 18.3 Å². The van der Waals surface area contributed by atoms with Gasteiger partial charge in [-0.25, -0.2) is 9.59 Å². The van der Waals surface area contributed by atoms with Crippen molar-refractivity contribution in [3.05, 3.63) is 59.7 Å². The van der Waals surface area contributed by atoms with Crippen LogP contribution >= 0.6 is 0 Å². The highest BCUT2D eigenvalue weighted by Crippen LogP contribution is 2.78. The van der Waals surface area contributed by atoms with E-state index in [1.165, 1.54) is 21.0 Å². The molecule has 1 N–H and O–H groups in total. The number of benzene rings is 1. The Morgan fingerprint density at radius 1 is 0.981 bits per heavy atom. The third-order valence-corrected chi connectivity index (χ3v) is 15.1. The van der Waals surface area contributed by atoms with E-state index in [1.807, 2.05) is 38.1 Å². The summed E-state index contributed by atoms with van der Waals surface area (Å²) in [7, 11) is 1.26. The Balaban J connectivity index is 1.36. The van der Waals surface area contributed by atoms with Gasteiger partial charge in [-0.05, 0) is 86.8 Å². The molecular weight excluding hydrogens is 680 g/mol. The third-order valence-electron chi connectivity index (χ3n) is 15.1. The summed E-state index contributed by atoms with van der Waals surface area (Å²) >= 11 is 0. The molecule has 3 unspecified atom stereocenters. The van der Waals surface area contributed by atoms with Gasteiger partial charge in [0, 0.05) is 31.1 Å². The molecule has 53 heavy (non-hydrogen) atoms. The lowest BCUT2D eigenvalue weighted by Crippen LogP contribution is -2.82. The van der Waals surface area contributed by atoms with E-state index in [0.717, 1.165) is 5.56 Å². The van der Waals surface area contributed by atoms with Crippen LogP contribution in [0.5, 0.6) is 0 Å². The molecular formula is C42H54O11. The molecule has 6 aliphatic rings. The van der Waals surface area contributed by atoms with Gasteiger partial charge in [-0.3, -0.25) is 9.59 Å². The Kier molecular flexibility index (Phi) is 8.90. The Labute approximate surface area is 311 Å². The molecule has 2 heterocycles. The number of methoxy groups -OCH3 is 1. The van der Waals surface area contributed by atoms with Gasteiger partial charge in [-0.2, -0.15) is 0 Å². The van der Waals surface area contributed by atoms with Gasteiger partial charge in [-0.1, -0.05) is 50.8 Å². The molecule has 288 valence electrons. The highest BCUT2D eigenvalue weighted by atomic mass is 16.7. The molecule has 0 amide bonds. The number of fused-ring (bicyclic) bond motifs is 9. The lowest BCUT2D eigenvalue weighted by Gasteiger charge is -2.73.